The number of hydrogen-bond acceptors (Lipinski definition) is 6. The number of halogens is 1. The van der Waals surface area contributed by atoms with Crippen LogP contribution in [0, 0.1) is 0 Å². The number of nitrogens with two attached hydrogens (primary N) is 2. The molecular weight excluding hydrogens is 328 g/mol. The molecule has 0 amide bonds. The standard InChI is InChI=1S/C13H21ClN4O3S/c14-10-8-12(13(16)17-9-10)22(19,20)18-5-2-11(3-6-18)21-7-1-4-15/h8-9,11H,1-7,15H2,(H2,16,17). The third kappa shape index (κ3) is 4.08. The smallest absolute Gasteiger partial charge is 0.246 e. The summed E-state index contributed by atoms with van der Waals surface area (Å²) in [5.74, 6) is -0.0364. The summed E-state index contributed by atoms with van der Waals surface area (Å²) in [5.41, 5.74) is 11.1. The van der Waals surface area contributed by atoms with Gasteiger partial charge >= 0.3 is 0 Å². The van der Waals surface area contributed by atoms with E-state index in [0.717, 1.165) is 6.42 Å². The lowest BCUT2D eigenvalue weighted by molar-refractivity contribution is 0.0209. The van der Waals surface area contributed by atoms with Crippen LogP contribution in [0.25, 0.3) is 0 Å². The zero-order valence-corrected chi connectivity index (χ0v) is 13.8. The van der Waals surface area contributed by atoms with Gasteiger partial charge in [0, 0.05) is 25.9 Å². The molecular formula is C13H21ClN4O3S. The second-order valence-electron chi connectivity index (χ2n) is 5.15. The number of pyridine rings is 1. The molecule has 0 unspecified atom stereocenters. The van der Waals surface area contributed by atoms with Crippen LogP contribution in [-0.2, 0) is 14.8 Å². The number of nitrogens with zero attached hydrogens (tertiary/aromatic N) is 2. The number of piperidine rings is 1. The molecule has 2 rings (SSSR count). The van der Waals surface area contributed by atoms with Gasteiger partial charge in [-0.05, 0) is 31.9 Å². The summed E-state index contributed by atoms with van der Waals surface area (Å²) in [6.07, 6.45) is 3.51. The van der Waals surface area contributed by atoms with Crippen molar-refractivity contribution in [2.75, 3.05) is 32.0 Å². The van der Waals surface area contributed by atoms with Crippen LogP contribution in [0.1, 0.15) is 19.3 Å². The van der Waals surface area contributed by atoms with Crippen LogP contribution in [0.15, 0.2) is 17.2 Å². The number of aromatic nitrogens is 1. The van der Waals surface area contributed by atoms with Gasteiger partial charge in [0.1, 0.15) is 10.7 Å². The maximum Gasteiger partial charge on any atom is 0.246 e. The zero-order chi connectivity index (χ0) is 16.2. The molecule has 1 aromatic heterocycles. The van der Waals surface area contributed by atoms with Gasteiger partial charge in [-0.3, -0.25) is 0 Å². The SMILES string of the molecule is NCCCOC1CCN(S(=O)(=O)c2cc(Cl)cnc2N)CC1. The Labute approximate surface area is 135 Å². The molecule has 1 aromatic rings. The van der Waals surface area contributed by atoms with Gasteiger partial charge in [0.05, 0.1) is 11.1 Å². The monoisotopic (exact) mass is 348 g/mol. The van der Waals surface area contributed by atoms with Gasteiger partial charge in [-0.15, -0.1) is 0 Å². The van der Waals surface area contributed by atoms with E-state index in [0.29, 0.717) is 39.1 Å². The fraction of sp³-hybridized carbons (Fsp3) is 0.615. The Balaban J connectivity index is 2.02. The fourth-order valence-electron chi connectivity index (χ4n) is 2.35. The van der Waals surface area contributed by atoms with E-state index < -0.39 is 10.0 Å². The molecule has 0 aromatic carbocycles. The Morgan fingerprint density at radius 3 is 2.73 bits per heavy atom. The summed E-state index contributed by atoms with van der Waals surface area (Å²) in [4.78, 5) is 3.77. The molecule has 1 aliphatic heterocycles. The number of nitrogen functional groups attached to an aromatic ring is 1. The van der Waals surface area contributed by atoms with Crippen LogP contribution in [0.5, 0.6) is 0 Å². The van der Waals surface area contributed by atoms with Gasteiger partial charge in [0.2, 0.25) is 10.0 Å². The molecule has 1 aliphatic rings. The van der Waals surface area contributed by atoms with Crippen molar-refractivity contribution < 1.29 is 13.2 Å². The lowest BCUT2D eigenvalue weighted by Gasteiger charge is -2.31. The number of anilines is 1. The lowest BCUT2D eigenvalue weighted by Crippen LogP contribution is -2.41. The van der Waals surface area contributed by atoms with E-state index in [9.17, 15) is 8.42 Å². The van der Waals surface area contributed by atoms with Gasteiger partial charge < -0.3 is 16.2 Å². The van der Waals surface area contributed by atoms with Gasteiger partial charge in [0.25, 0.3) is 0 Å². The molecule has 22 heavy (non-hydrogen) atoms. The van der Waals surface area contributed by atoms with E-state index in [1.807, 2.05) is 0 Å². The molecule has 2 heterocycles. The van der Waals surface area contributed by atoms with Crippen LogP contribution in [0.2, 0.25) is 5.02 Å². The van der Waals surface area contributed by atoms with Crippen molar-refractivity contribution in [1.82, 2.24) is 9.29 Å². The van der Waals surface area contributed by atoms with E-state index in [1.54, 1.807) is 0 Å². The first-order valence-corrected chi connectivity index (χ1v) is 9.00. The average Bonchev–Trinajstić information content (AvgIpc) is 2.50. The second-order valence-corrected chi connectivity index (χ2v) is 7.50. The van der Waals surface area contributed by atoms with Crippen molar-refractivity contribution in [3.8, 4) is 0 Å². The first-order chi connectivity index (χ1) is 10.4. The summed E-state index contributed by atoms with van der Waals surface area (Å²) in [7, 11) is -3.68. The van der Waals surface area contributed by atoms with Crippen LogP contribution >= 0.6 is 11.6 Å². The summed E-state index contributed by atoms with van der Waals surface area (Å²) >= 11 is 5.82. The largest absolute Gasteiger partial charge is 0.383 e. The lowest BCUT2D eigenvalue weighted by atomic mass is 10.1. The van der Waals surface area contributed by atoms with Gasteiger partial charge in [0.15, 0.2) is 0 Å². The van der Waals surface area contributed by atoms with Crippen molar-refractivity contribution >= 4 is 27.4 Å². The molecule has 7 nitrogen and oxygen atoms in total. The van der Waals surface area contributed by atoms with Gasteiger partial charge in [-0.1, -0.05) is 11.6 Å². The maximum absolute atomic E-state index is 12.6. The van der Waals surface area contributed by atoms with Crippen molar-refractivity contribution in [1.29, 1.82) is 0 Å². The highest BCUT2D eigenvalue weighted by Crippen LogP contribution is 2.26. The Morgan fingerprint density at radius 1 is 1.41 bits per heavy atom. The Kier molecular flexibility index (Phi) is 5.99. The molecule has 0 aliphatic carbocycles. The quantitative estimate of drug-likeness (QED) is 0.737. The topological polar surface area (TPSA) is 112 Å². The fourth-order valence-corrected chi connectivity index (χ4v) is 4.13. The highest BCUT2D eigenvalue weighted by molar-refractivity contribution is 7.89. The van der Waals surface area contributed by atoms with Crippen molar-refractivity contribution in [2.45, 2.75) is 30.3 Å². The van der Waals surface area contributed by atoms with Crippen molar-refractivity contribution in [3.63, 3.8) is 0 Å². The highest BCUT2D eigenvalue weighted by atomic mass is 35.5. The minimum atomic E-state index is -3.68. The molecule has 0 saturated carbocycles. The number of hydrogen-bond donors (Lipinski definition) is 2. The predicted molar refractivity (Wildman–Crippen MR) is 85.1 cm³/mol. The van der Waals surface area contributed by atoms with Crippen LogP contribution in [0.3, 0.4) is 0 Å². The minimum Gasteiger partial charge on any atom is -0.383 e. The van der Waals surface area contributed by atoms with Crippen LogP contribution in [0.4, 0.5) is 5.82 Å². The average molecular weight is 349 g/mol. The summed E-state index contributed by atoms with van der Waals surface area (Å²) in [6, 6.07) is 1.34. The highest BCUT2D eigenvalue weighted by Gasteiger charge is 2.31. The van der Waals surface area contributed by atoms with E-state index in [2.05, 4.69) is 4.98 Å². The normalized spacial score (nSPS) is 17.7. The first-order valence-electron chi connectivity index (χ1n) is 7.18. The summed E-state index contributed by atoms with van der Waals surface area (Å²) in [6.45, 7) is 1.98. The van der Waals surface area contributed by atoms with E-state index >= 15 is 0 Å². The minimum absolute atomic E-state index is 0.0364. The van der Waals surface area contributed by atoms with Gasteiger partial charge in [-0.25, -0.2) is 13.4 Å². The molecule has 1 saturated heterocycles. The van der Waals surface area contributed by atoms with Crippen molar-refractivity contribution in [3.05, 3.63) is 17.3 Å². The van der Waals surface area contributed by atoms with Crippen molar-refractivity contribution in [2.24, 2.45) is 5.73 Å². The molecule has 0 atom stereocenters. The first kappa shape index (κ1) is 17.4. The number of rotatable bonds is 6. The third-order valence-electron chi connectivity index (χ3n) is 3.57. The van der Waals surface area contributed by atoms with Crippen LogP contribution in [-0.4, -0.2) is 50.1 Å². The van der Waals surface area contributed by atoms with E-state index in [1.165, 1.54) is 16.6 Å². The maximum atomic E-state index is 12.6. The Bertz CT molecular complexity index is 603. The second kappa shape index (κ2) is 7.56. The summed E-state index contributed by atoms with van der Waals surface area (Å²) in [5, 5.41) is 0.243. The molecule has 1 fully saturated rings. The molecule has 4 N–H and O–H groups in total. The number of sulfonamides is 1. The van der Waals surface area contributed by atoms with Crippen LogP contribution < -0.4 is 11.5 Å². The molecule has 124 valence electrons. The number of ether oxygens (including phenoxy) is 1. The Morgan fingerprint density at radius 2 is 2.09 bits per heavy atom. The van der Waals surface area contributed by atoms with E-state index in [-0.39, 0.29) is 21.8 Å². The summed E-state index contributed by atoms with van der Waals surface area (Å²) < 4.78 is 32.3. The zero-order valence-electron chi connectivity index (χ0n) is 12.2. The van der Waals surface area contributed by atoms with E-state index in [4.69, 9.17) is 27.8 Å². The molecule has 0 radical (unpaired) electrons. The van der Waals surface area contributed by atoms with Gasteiger partial charge in [-0.2, -0.15) is 4.31 Å². The predicted octanol–water partition coefficient (Wildman–Crippen LogP) is 0.836. The molecule has 0 bridgehead atoms. The Hall–Kier alpha value is -0.930. The third-order valence-corrected chi connectivity index (χ3v) is 5.70. The molecule has 0 spiro atoms. The molecule has 9 heteroatoms.